The zero-order valence-corrected chi connectivity index (χ0v) is 19.5. The number of guanidine groups is 1. The van der Waals surface area contributed by atoms with E-state index >= 15 is 0 Å². The van der Waals surface area contributed by atoms with Gasteiger partial charge in [-0.2, -0.15) is 0 Å². The fourth-order valence-electron chi connectivity index (χ4n) is 2.71. The average Bonchev–Trinajstić information content (AvgIpc) is 2.74. The molecule has 0 aliphatic rings. The van der Waals surface area contributed by atoms with Gasteiger partial charge in [0.05, 0.1) is 12.2 Å². The molecular weight excluding hydrogens is 470 g/mol. The summed E-state index contributed by atoms with van der Waals surface area (Å²) in [5, 5.41) is 43.9. The van der Waals surface area contributed by atoms with Crippen molar-refractivity contribution in [2.24, 2.45) is 22.2 Å². The van der Waals surface area contributed by atoms with Gasteiger partial charge in [0.25, 0.3) is 0 Å². The molecular formula is C19H35N7O9. The SMILES string of the molecule is CC(O)C(N)C(=O)NC(CCCN=C(N)N)C(=O)NC(CCC(=O)O)C(=O)NC(C(=O)O)C(C)O. The van der Waals surface area contributed by atoms with Crippen LogP contribution >= 0.6 is 0 Å². The number of nitrogens with zero attached hydrogens (tertiary/aromatic N) is 1. The Bertz CT molecular complexity index is 785. The molecule has 16 heteroatoms. The highest BCUT2D eigenvalue weighted by Crippen LogP contribution is 2.05. The van der Waals surface area contributed by atoms with Gasteiger partial charge in [-0.1, -0.05) is 0 Å². The Balaban J connectivity index is 5.67. The van der Waals surface area contributed by atoms with E-state index in [1.54, 1.807) is 0 Å². The number of aliphatic imine (C=N–C) groups is 1. The van der Waals surface area contributed by atoms with E-state index in [0.717, 1.165) is 6.92 Å². The molecule has 0 bridgehead atoms. The lowest BCUT2D eigenvalue weighted by Crippen LogP contribution is -2.59. The third-order valence-electron chi connectivity index (χ3n) is 4.73. The number of aliphatic hydroxyl groups excluding tert-OH is 2. The van der Waals surface area contributed by atoms with Gasteiger partial charge in [0.1, 0.15) is 18.1 Å². The van der Waals surface area contributed by atoms with Gasteiger partial charge in [0, 0.05) is 13.0 Å². The topological polar surface area (TPSA) is 293 Å². The minimum Gasteiger partial charge on any atom is -0.481 e. The molecule has 16 nitrogen and oxygen atoms in total. The highest BCUT2D eigenvalue weighted by atomic mass is 16.4. The number of carbonyl (C=O) groups excluding carboxylic acids is 3. The monoisotopic (exact) mass is 505 g/mol. The minimum atomic E-state index is -1.72. The van der Waals surface area contributed by atoms with Crippen LogP contribution in [0.25, 0.3) is 0 Å². The van der Waals surface area contributed by atoms with E-state index in [9.17, 15) is 34.2 Å². The van der Waals surface area contributed by atoms with Gasteiger partial charge in [0.2, 0.25) is 17.7 Å². The Kier molecular flexibility index (Phi) is 13.9. The number of rotatable bonds is 16. The quantitative estimate of drug-likeness (QED) is 0.0539. The van der Waals surface area contributed by atoms with Crippen molar-refractivity contribution in [1.82, 2.24) is 16.0 Å². The molecule has 0 aromatic heterocycles. The maximum Gasteiger partial charge on any atom is 0.328 e. The van der Waals surface area contributed by atoms with Crippen LogP contribution < -0.4 is 33.2 Å². The molecule has 0 spiro atoms. The fourth-order valence-corrected chi connectivity index (χ4v) is 2.71. The number of nitrogens with one attached hydrogen (secondary N) is 3. The number of nitrogens with two attached hydrogens (primary N) is 3. The highest BCUT2D eigenvalue weighted by molar-refractivity contribution is 5.94. The number of aliphatic carboxylic acids is 2. The van der Waals surface area contributed by atoms with E-state index < -0.39 is 78.9 Å². The van der Waals surface area contributed by atoms with E-state index in [-0.39, 0.29) is 25.3 Å². The van der Waals surface area contributed by atoms with Gasteiger partial charge in [0.15, 0.2) is 12.0 Å². The van der Waals surface area contributed by atoms with Gasteiger partial charge in [-0.25, -0.2) is 4.79 Å². The molecule has 3 amide bonds. The summed E-state index contributed by atoms with van der Waals surface area (Å²) in [7, 11) is 0. The molecule has 0 aliphatic heterocycles. The first-order valence-corrected chi connectivity index (χ1v) is 10.7. The first-order valence-electron chi connectivity index (χ1n) is 10.7. The molecule has 0 fully saturated rings. The second-order valence-electron chi connectivity index (χ2n) is 7.84. The summed E-state index contributed by atoms with van der Waals surface area (Å²) in [5.74, 6) is -5.85. The van der Waals surface area contributed by atoms with Crippen molar-refractivity contribution >= 4 is 35.6 Å². The van der Waals surface area contributed by atoms with E-state index in [1.165, 1.54) is 6.92 Å². The van der Waals surface area contributed by atoms with Gasteiger partial charge in [-0.15, -0.1) is 0 Å². The number of aliphatic hydroxyl groups is 2. The van der Waals surface area contributed by atoms with Crippen LogP contribution in [0.1, 0.15) is 39.5 Å². The number of hydrogen-bond donors (Lipinski definition) is 10. The average molecular weight is 506 g/mol. The zero-order valence-electron chi connectivity index (χ0n) is 19.5. The number of carboxylic acid groups (broad SMARTS) is 2. The molecule has 6 atom stereocenters. The third-order valence-corrected chi connectivity index (χ3v) is 4.73. The van der Waals surface area contributed by atoms with Crippen molar-refractivity contribution in [1.29, 1.82) is 0 Å². The van der Waals surface area contributed by atoms with Crippen LogP contribution in [0, 0.1) is 0 Å². The predicted octanol–water partition coefficient (Wildman–Crippen LogP) is -4.47. The minimum absolute atomic E-state index is 0.0282. The Morgan fingerprint density at radius 2 is 1.34 bits per heavy atom. The number of hydrogen-bond acceptors (Lipinski definition) is 9. The molecule has 0 aliphatic carbocycles. The van der Waals surface area contributed by atoms with Crippen LogP contribution in [-0.2, 0) is 24.0 Å². The van der Waals surface area contributed by atoms with Crippen LogP contribution in [0.4, 0.5) is 0 Å². The molecule has 0 rings (SSSR count). The predicted molar refractivity (Wildman–Crippen MR) is 122 cm³/mol. The van der Waals surface area contributed by atoms with Crippen molar-refractivity contribution < 1.29 is 44.4 Å². The molecule has 6 unspecified atom stereocenters. The van der Waals surface area contributed by atoms with Gasteiger partial charge < -0.3 is 53.6 Å². The summed E-state index contributed by atoms with van der Waals surface area (Å²) in [4.78, 5) is 63.8. The molecule has 0 aromatic carbocycles. The molecule has 13 N–H and O–H groups in total. The largest absolute Gasteiger partial charge is 0.481 e. The Hall–Kier alpha value is -3.50. The van der Waals surface area contributed by atoms with Crippen molar-refractivity contribution in [3.05, 3.63) is 0 Å². The Morgan fingerprint density at radius 1 is 0.829 bits per heavy atom. The maximum absolute atomic E-state index is 12.9. The lowest BCUT2D eigenvalue weighted by molar-refractivity contribution is -0.145. The van der Waals surface area contributed by atoms with Crippen LogP contribution in [0.15, 0.2) is 4.99 Å². The van der Waals surface area contributed by atoms with E-state index in [2.05, 4.69) is 15.6 Å². The van der Waals surface area contributed by atoms with Crippen molar-refractivity contribution in [2.75, 3.05) is 6.54 Å². The summed E-state index contributed by atoms with van der Waals surface area (Å²) in [5.41, 5.74) is 16.1. The van der Waals surface area contributed by atoms with Crippen molar-refractivity contribution in [3.63, 3.8) is 0 Å². The molecule has 0 radical (unpaired) electrons. The summed E-state index contributed by atoms with van der Waals surface area (Å²) >= 11 is 0. The van der Waals surface area contributed by atoms with Crippen molar-refractivity contribution in [3.8, 4) is 0 Å². The van der Waals surface area contributed by atoms with E-state index in [0.29, 0.717) is 0 Å². The number of carboxylic acids is 2. The first-order chi connectivity index (χ1) is 16.2. The summed E-state index contributed by atoms with van der Waals surface area (Å²) < 4.78 is 0. The summed E-state index contributed by atoms with van der Waals surface area (Å²) in [6.07, 6.45) is -3.52. The fraction of sp³-hybridized carbons (Fsp3) is 0.684. The zero-order chi connectivity index (χ0) is 27.3. The molecule has 200 valence electrons. The van der Waals surface area contributed by atoms with Crippen LogP contribution in [0.5, 0.6) is 0 Å². The van der Waals surface area contributed by atoms with Crippen molar-refractivity contribution in [2.45, 2.75) is 75.9 Å². The van der Waals surface area contributed by atoms with E-state index in [4.69, 9.17) is 27.4 Å². The van der Waals surface area contributed by atoms with Gasteiger partial charge in [-0.3, -0.25) is 24.2 Å². The van der Waals surface area contributed by atoms with Gasteiger partial charge >= 0.3 is 11.9 Å². The first kappa shape index (κ1) is 31.5. The lowest BCUT2D eigenvalue weighted by Gasteiger charge is -2.26. The van der Waals surface area contributed by atoms with Crippen LogP contribution in [-0.4, -0.2) is 99.0 Å². The smallest absolute Gasteiger partial charge is 0.328 e. The maximum atomic E-state index is 12.9. The van der Waals surface area contributed by atoms with E-state index in [1.807, 2.05) is 5.32 Å². The molecule has 35 heavy (non-hydrogen) atoms. The highest BCUT2D eigenvalue weighted by Gasteiger charge is 2.32. The summed E-state index contributed by atoms with van der Waals surface area (Å²) in [6, 6.07) is -5.88. The Morgan fingerprint density at radius 3 is 1.80 bits per heavy atom. The third kappa shape index (κ3) is 12.5. The standard InChI is InChI=1S/C19H35N7O9/c1-8(27)13(20)17(33)25-10(4-3-7-23-19(21)22)15(31)24-11(5-6-12(29)30)16(32)26-14(9(2)28)18(34)35/h8-11,13-14,27-28H,3-7,20H2,1-2H3,(H,24,31)(H,25,33)(H,26,32)(H,29,30)(H,34,35)(H4,21,22,23). The van der Waals surface area contributed by atoms with Crippen LogP contribution in [0.2, 0.25) is 0 Å². The molecule has 0 saturated heterocycles. The van der Waals surface area contributed by atoms with Crippen LogP contribution in [0.3, 0.4) is 0 Å². The number of carbonyl (C=O) groups is 5. The lowest BCUT2D eigenvalue weighted by atomic mass is 10.1. The molecule has 0 aromatic rings. The van der Waals surface area contributed by atoms with Gasteiger partial charge in [-0.05, 0) is 33.1 Å². The molecule has 0 saturated carbocycles. The second kappa shape index (κ2) is 15.4. The Labute approximate surface area is 201 Å². The second-order valence-corrected chi connectivity index (χ2v) is 7.84. The molecule has 0 heterocycles. The number of amides is 3. The normalized spacial score (nSPS) is 15.9. The summed E-state index contributed by atoms with van der Waals surface area (Å²) in [6.45, 7) is 2.49.